The van der Waals surface area contributed by atoms with E-state index in [-0.39, 0.29) is 11.5 Å². The molecule has 4 aromatic carbocycles. The van der Waals surface area contributed by atoms with Crippen LogP contribution in [0.3, 0.4) is 0 Å². The van der Waals surface area contributed by atoms with Crippen molar-refractivity contribution < 1.29 is 28.6 Å². The lowest BCUT2D eigenvalue weighted by molar-refractivity contribution is -0.113. The molecule has 0 atom stereocenters. The zero-order chi connectivity index (χ0) is 29.9. The Morgan fingerprint density at radius 3 is 2.10 bits per heavy atom. The lowest BCUT2D eigenvalue weighted by Crippen LogP contribution is -2.30. The molecule has 0 aliphatic carbocycles. The first-order valence-corrected chi connectivity index (χ1v) is 13.0. The van der Waals surface area contributed by atoms with Crippen LogP contribution >= 0.6 is 0 Å². The summed E-state index contributed by atoms with van der Waals surface area (Å²) in [6.45, 7) is 0. The van der Waals surface area contributed by atoms with Crippen molar-refractivity contribution >= 4 is 35.4 Å². The fraction of sp³-hybridized carbons (Fsp3) is 0.0882. The van der Waals surface area contributed by atoms with Crippen LogP contribution in [0.25, 0.3) is 12.2 Å². The van der Waals surface area contributed by atoms with E-state index < -0.39 is 11.8 Å². The largest absolute Gasteiger partial charge is 0.497 e. The highest BCUT2D eigenvalue weighted by atomic mass is 16.5. The summed E-state index contributed by atoms with van der Waals surface area (Å²) in [7, 11) is 4.67. The molecular weight excluding hydrogens is 532 g/mol. The van der Waals surface area contributed by atoms with Crippen LogP contribution in [0.1, 0.15) is 31.8 Å². The van der Waals surface area contributed by atoms with Gasteiger partial charge in [0.05, 0.1) is 21.3 Å². The van der Waals surface area contributed by atoms with E-state index in [1.54, 1.807) is 131 Å². The van der Waals surface area contributed by atoms with Crippen LogP contribution in [0.2, 0.25) is 0 Å². The number of anilines is 1. The summed E-state index contributed by atoms with van der Waals surface area (Å²) in [6, 6.07) is 27.5. The molecule has 0 aliphatic rings. The summed E-state index contributed by atoms with van der Waals surface area (Å²) in [5, 5.41) is 5.49. The van der Waals surface area contributed by atoms with Crippen LogP contribution in [0, 0.1) is 0 Å². The molecule has 0 aliphatic heterocycles. The van der Waals surface area contributed by atoms with Gasteiger partial charge in [-0.1, -0.05) is 30.3 Å². The van der Waals surface area contributed by atoms with Gasteiger partial charge in [-0.15, -0.1) is 0 Å². The van der Waals surface area contributed by atoms with Crippen molar-refractivity contribution in [1.29, 1.82) is 0 Å². The second-order valence-corrected chi connectivity index (χ2v) is 8.99. The van der Waals surface area contributed by atoms with Crippen molar-refractivity contribution in [2.75, 3.05) is 26.6 Å². The number of benzene rings is 4. The number of ketones is 1. The van der Waals surface area contributed by atoms with Gasteiger partial charge in [0.25, 0.3) is 11.8 Å². The zero-order valence-electron chi connectivity index (χ0n) is 23.4. The van der Waals surface area contributed by atoms with E-state index in [0.29, 0.717) is 45.2 Å². The highest BCUT2D eigenvalue weighted by Crippen LogP contribution is 2.25. The van der Waals surface area contributed by atoms with Crippen LogP contribution in [-0.4, -0.2) is 38.9 Å². The monoisotopic (exact) mass is 562 g/mol. The maximum atomic E-state index is 13.3. The molecule has 0 aromatic heterocycles. The molecule has 212 valence electrons. The Kier molecular flexibility index (Phi) is 9.88. The van der Waals surface area contributed by atoms with Gasteiger partial charge in [0.15, 0.2) is 5.78 Å². The van der Waals surface area contributed by atoms with Crippen molar-refractivity contribution in [3.05, 3.63) is 131 Å². The molecule has 0 heterocycles. The van der Waals surface area contributed by atoms with E-state index in [0.717, 1.165) is 0 Å². The molecule has 0 spiro atoms. The number of ether oxygens (including phenoxy) is 3. The molecule has 8 nitrogen and oxygen atoms in total. The van der Waals surface area contributed by atoms with Crippen LogP contribution in [0.5, 0.6) is 17.2 Å². The normalized spacial score (nSPS) is 11.1. The van der Waals surface area contributed by atoms with Gasteiger partial charge in [-0.3, -0.25) is 14.4 Å². The minimum absolute atomic E-state index is 0.0347. The van der Waals surface area contributed by atoms with Crippen LogP contribution < -0.4 is 24.8 Å². The number of allylic oxidation sites excluding steroid dienone is 1. The number of hydrogen-bond acceptors (Lipinski definition) is 6. The summed E-state index contributed by atoms with van der Waals surface area (Å²) in [6.07, 6.45) is 4.66. The molecule has 0 unspecified atom stereocenters. The first kappa shape index (κ1) is 29.4. The Morgan fingerprint density at radius 1 is 0.690 bits per heavy atom. The summed E-state index contributed by atoms with van der Waals surface area (Å²) < 4.78 is 15.9. The number of carbonyl (C=O) groups is 3. The average Bonchev–Trinajstić information content (AvgIpc) is 3.03. The van der Waals surface area contributed by atoms with Crippen molar-refractivity contribution in [2.24, 2.45) is 0 Å². The van der Waals surface area contributed by atoms with Gasteiger partial charge in [-0.05, 0) is 90.5 Å². The van der Waals surface area contributed by atoms with E-state index in [9.17, 15) is 14.4 Å². The summed E-state index contributed by atoms with van der Waals surface area (Å²) in [5.41, 5.74) is 2.67. The number of carbonyl (C=O) groups excluding carboxylic acids is 3. The standard InChI is InChI=1S/C34H30N2O6/c1-40-28-11-7-8-23(20-28)21-30(36-33(38)25-9-5-4-6-10-25)34(39)35-27-15-12-24(13-16-27)31(37)18-14-26-22-29(41-2)17-19-32(26)42-3/h4-22H,1-3H3,(H,35,39)(H,36,38)/b18-14+,30-21-. The first-order valence-electron chi connectivity index (χ1n) is 13.0. The molecule has 0 fully saturated rings. The SMILES string of the molecule is COc1cccc(/C=C(\NC(=O)c2ccccc2)C(=O)Nc2ccc(C(=O)/C=C/c3cc(OC)ccc3OC)cc2)c1. The Morgan fingerprint density at radius 2 is 1.40 bits per heavy atom. The first-order chi connectivity index (χ1) is 20.4. The van der Waals surface area contributed by atoms with Gasteiger partial charge in [0, 0.05) is 22.4 Å². The van der Waals surface area contributed by atoms with Crippen LogP contribution in [0.4, 0.5) is 5.69 Å². The second-order valence-electron chi connectivity index (χ2n) is 8.99. The zero-order valence-corrected chi connectivity index (χ0v) is 23.4. The van der Waals surface area contributed by atoms with Crippen LogP contribution in [0.15, 0.2) is 109 Å². The number of rotatable bonds is 11. The quantitative estimate of drug-likeness (QED) is 0.171. The lowest BCUT2D eigenvalue weighted by atomic mass is 10.1. The fourth-order valence-corrected chi connectivity index (χ4v) is 3.99. The summed E-state index contributed by atoms with van der Waals surface area (Å²) >= 11 is 0. The smallest absolute Gasteiger partial charge is 0.272 e. The Balaban J connectivity index is 1.51. The minimum Gasteiger partial charge on any atom is -0.497 e. The van der Waals surface area contributed by atoms with E-state index >= 15 is 0 Å². The van der Waals surface area contributed by atoms with Gasteiger partial charge in [-0.25, -0.2) is 0 Å². The number of methoxy groups -OCH3 is 3. The van der Waals surface area contributed by atoms with Gasteiger partial charge in [-0.2, -0.15) is 0 Å². The number of nitrogens with one attached hydrogen (secondary N) is 2. The highest BCUT2D eigenvalue weighted by Gasteiger charge is 2.16. The van der Waals surface area contributed by atoms with Gasteiger partial charge in [0.2, 0.25) is 0 Å². The maximum Gasteiger partial charge on any atom is 0.272 e. The maximum absolute atomic E-state index is 13.3. The average molecular weight is 563 g/mol. The molecule has 0 saturated carbocycles. The third-order valence-electron chi connectivity index (χ3n) is 6.21. The van der Waals surface area contributed by atoms with Crippen molar-refractivity contribution in [3.63, 3.8) is 0 Å². The van der Waals surface area contributed by atoms with E-state index in [2.05, 4.69) is 10.6 Å². The third kappa shape index (κ3) is 7.73. The van der Waals surface area contributed by atoms with Crippen molar-refractivity contribution in [1.82, 2.24) is 5.32 Å². The topological polar surface area (TPSA) is 103 Å². The lowest BCUT2D eigenvalue weighted by Gasteiger charge is -2.12. The molecule has 4 aromatic rings. The van der Waals surface area contributed by atoms with Crippen molar-refractivity contribution in [2.45, 2.75) is 0 Å². The highest BCUT2D eigenvalue weighted by molar-refractivity contribution is 6.11. The number of amides is 2. The van der Waals surface area contributed by atoms with Gasteiger partial charge >= 0.3 is 0 Å². The molecule has 4 rings (SSSR count). The molecule has 0 saturated heterocycles. The Labute approximate surface area is 244 Å². The Bertz CT molecular complexity index is 1630. The van der Waals surface area contributed by atoms with E-state index in [1.165, 1.54) is 6.08 Å². The summed E-state index contributed by atoms with van der Waals surface area (Å²) in [4.78, 5) is 39.0. The summed E-state index contributed by atoms with van der Waals surface area (Å²) in [5.74, 6) is 0.660. The fourth-order valence-electron chi connectivity index (χ4n) is 3.99. The Hall–Kier alpha value is -5.63. The predicted octanol–water partition coefficient (Wildman–Crippen LogP) is 6.02. The molecule has 0 radical (unpaired) electrons. The molecule has 8 heteroatoms. The van der Waals surface area contributed by atoms with E-state index in [4.69, 9.17) is 14.2 Å². The van der Waals surface area contributed by atoms with E-state index in [1.807, 2.05) is 0 Å². The molecule has 0 bridgehead atoms. The molecule has 2 N–H and O–H groups in total. The third-order valence-corrected chi connectivity index (χ3v) is 6.21. The van der Waals surface area contributed by atoms with Crippen LogP contribution in [-0.2, 0) is 4.79 Å². The number of hydrogen-bond donors (Lipinski definition) is 2. The molecule has 42 heavy (non-hydrogen) atoms. The van der Waals surface area contributed by atoms with Gasteiger partial charge < -0.3 is 24.8 Å². The minimum atomic E-state index is -0.536. The van der Waals surface area contributed by atoms with Crippen molar-refractivity contribution in [3.8, 4) is 17.2 Å². The molecule has 2 amide bonds. The van der Waals surface area contributed by atoms with Gasteiger partial charge in [0.1, 0.15) is 22.9 Å². The predicted molar refractivity (Wildman–Crippen MR) is 163 cm³/mol. The second kappa shape index (κ2) is 14.1. The molecular formula is C34H30N2O6.